The molecule has 0 saturated carbocycles. The SMILES string of the molecule is CN(Cc1ccccc1Cl)C(=O)c1ccc2c(c1)CCC(=O)N2. The topological polar surface area (TPSA) is 49.4 Å². The Morgan fingerprint density at radius 3 is 2.78 bits per heavy atom. The second kappa shape index (κ2) is 6.42. The van der Waals surface area contributed by atoms with Crippen LogP contribution in [-0.2, 0) is 17.8 Å². The van der Waals surface area contributed by atoms with Crippen molar-refractivity contribution in [3.63, 3.8) is 0 Å². The number of nitrogens with one attached hydrogen (secondary N) is 1. The number of fused-ring (bicyclic) bond motifs is 1. The Labute approximate surface area is 140 Å². The van der Waals surface area contributed by atoms with Crippen molar-refractivity contribution in [1.82, 2.24) is 4.90 Å². The second-order valence-corrected chi connectivity index (χ2v) is 6.08. The van der Waals surface area contributed by atoms with Crippen molar-refractivity contribution in [3.8, 4) is 0 Å². The minimum Gasteiger partial charge on any atom is -0.337 e. The molecule has 1 heterocycles. The maximum absolute atomic E-state index is 12.6. The van der Waals surface area contributed by atoms with E-state index in [-0.39, 0.29) is 11.8 Å². The van der Waals surface area contributed by atoms with Gasteiger partial charge in [0.1, 0.15) is 0 Å². The summed E-state index contributed by atoms with van der Waals surface area (Å²) in [6.07, 6.45) is 1.12. The van der Waals surface area contributed by atoms with Crippen LogP contribution in [-0.4, -0.2) is 23.8 Å². The average Bonchev–Trinajstić information content (AvgIpc) is 2.55. The van der Waals surface area contributed by atoms with E-state index < -0.39 is 0 Å². The van der Waals surface area contributed by atoms with E-state index in [9.17, 15) is 9.59 Å². The zero-order chi connectivity index (χ0) is 16.4. The third-order valence-corrected chi connectivity index (χ3v) is 4.33. The molecule has 0 bridgehead atoms. The minimum absolute atomic E-state index is 0.0208. The quantitative estimate of drug-likeness (QED) is 0.937. The van der Waals surface area contributed by atoms with Gasteiger partial charge in [-0.15, -0.1) is 0 Å². The molecule has 0 fully saturated rings. The van der Waals surface area contributed by atoms with Gasteiger partial charge in [-0.2, -0.15) is 0 Å². The third kappa shape index (κ3) is 3.37. The standard InChI is InChI=1S/C18H17ClN2O2/c1-21(11-14-4-2-3-5-15(14)19)18(23)13-6-8-16-12(10-13)7-9-17(22)20-16/h2-6,8,10H,7,9,11H2,1H3,(H,20,22). The summed E-state index contributed by atoms with van der Waals surface area (Å²) < 4.78 is 0. The first kappa shape index (κ1) is 15.6. The monoisotopic (exact) mass is 328 g/mol. The van der Waals surface area contributed by atoms with E-state index in [1.165, 1.54) is 0 Å². The molecule has 0 saturated heterocycles. The highest BCUT2D eigenvalue weighted by atomic mass is 35.5. The van der Waals surface area contributed by atoms with Crippen LogP contribution in [0.15, 0.2) is 42.5 Å². The Morgan fingerprint density at radius 2 is 2.00 bits per heavy atom. The Kier molecular flexibility index (Phi) is 4.35. The molecule has 2 aromatic carbocycles. The summed E-state index contributed by atoms with van der Waals surface area (Å²) in [7, 11) is 1.76. The van der Waals surface area contributed by atoms with Gasteiger partial charge in [0, 0.05) is 36.3 Å². The van der Waals surface area contributed by atoms with Crippen molar-refractivity contribution in [3.05, 3.63) is 64.2 Å². The molecule has 0 radical (unpaired) electrons. The summed E-state index contributed by atoms with van der Waals surface area (Å²) in [4.78, 5) is 25.6. The Bertz CT molecular complexity index is 773. The van der Waals surface area contributed by atoms with Gasteiger partial charge < -0.3 is 10.2 Å². The number of aryl methyl sites for hydroxylation is 1. The molecule has 3 rings (SSSR count). The molecule has 1 aliphatic heterocycles. The van der Waals surface area contributed by atoms with Gasteiger partial charge >= 0.3 is 0 Å². The van der Waals surface area contributed by atoms with Crippen molar-refractivity contribution in [2.24, 2.45) is 0 Å². The fraction of sp³-hybridized carbons (Fsp3) is 0.222. The van der Waals surface area contributed by atoms with Gasteiger partial charge in [-0.3, -0.25) is 9.59 Å². The van der Waals surface area contributed by atoms with Crippen molar-refractivity contribution >= 4 is 29.1 Å². The molecule has 2 amide bonds. The van der Waals surface area contributed by atoms with Gasteiger partial charge in [-0.1, -0.05) is 29.8 Å². The van der Waals surface area contributed by atoms with Gasteiger partial charge in [-0.25, -0.2) is 0 Å². The number of hydrogen-bond donors (Lipinski definition) is 1. The average molecular weight is 329 g/mol. The Hall–Kier alpha value is -2.33. The number of nitrogens with zero attached hydrogens (tertiary/aromatic N) is 1. The molecule has 0 aromatic heterocycles. The molecular weight excluding hydrogens is 312 g/mol. The lowest BCUT2D eigenvalue weighted by molar-refractivity contribution is -0.116. The Morgan fingerprint density at radius 1 is 1.22 bits per heavy atom. The van der Waals surface area contributed by atoms with Crippen LogP contribution in [0, 0.1) is 0 Å². The van der Waals surface area contributed by atoms with E-state index in [0.717, 1.165) is 16.8 Å². The maximum atomic E-state index is 12.6. The second-order valence-electron chi connectivity index (χ2n) is 5.67. The molecule has 0 spiro atoms. The molecule has 5 heteroatoms. The van der Waals surface area contributed by atoms with Gasteiger partial charge in [-0.05, 0) is 41.8 Å². The first-order chi connectivity index (χ1) is 11.0. The van der Waals surface area contributed by atoms with E-state index in [2.05, 4.69) is 5.32 Å². The van der Waals surface area contributed by atoms with Crippen LogP contribution in [0.2, 0.25) is 5.02 Å². The zero-order valence-corrected chi connectivity index (χ0v) is 13.6. The molecule has 2 aromatic rings. The normalized spacial score (nSPS) is 13.2. The lowest BCUT2D eigenvalue weighted by atomic mass is 10.00. The van der Waals surface area contributed by atoms with Crippen molar-refractivity contribution in [1.29, 1.82) is 0 Å². The fourth-order valence-corrected chi connectivity index (χ4v) is 2.89. The molecule has 118 valence electrons. The summed E-state index contributed by atoms with van der Waals surface area (Å²) in [6.45, 7) is 0.451. The lowest BCUT2D eigenvalue weighted by Crippen LogP contribution is -2.27. The number of rotatable bonds is 3. The van der Waals surface area contributed by atoms with Crippen LogP contribution in [0.3, 0.4) is 0 Å². The predicted octanol–water partition coefficient (Wildman–Crippen LogP) is 3.50. The summed E-state index contributed by atoms with van der Waals surface area (Å²) in [5, 5.41) is 3.47. The zero-order valence-electron chi connectivity index (χ0n) is 12.8. The number of carbonyl (C=O) groups is 2. The third-order valence-electron chi connectivity index (χ3n) is 3.96. The van der Waals surface area contributed by atoms with E-state index >= 15 is 0 Å². The van der Waals surface area contributed by atoms with E-state index in [0.29, 0.717) is 30.0 Å². The largest absolute Gasteiger partial charge is 0.337 e. The number of amides is 2. The van der Waals surface area contributed by atoms with Gasteiger partial charge in [0.2, 0.25) is 5.91 Å². The molecular formula is C18H17ClN2O2. The summed E-state index contributed by atoms with van der Waals surface area (Å²) in [6, 6.07) is 12.9. The van der Waals surface area contributed by atoms with Gasteiger partial charge in [0.15, 0.2) is 0 Å². The molecule has 0 aliphatic carbocycles. The van der Waals surface area contributed by atoms with Crippen LogP contribution >= 0.6 is 11.6 Å². The molecule has 4 nitrogen and oxygen atoms in total. The van der Waals surface area contributed by atoms with E-state index in [1.807, 2.05) is 30.3 Å². The molecule has 0 unspecified atom stereocenters. The highest BCUT2D eigenvalue weighted by molar-refractivity contribution is 6.31. The molecule has 1 aliphatic rings. The van der Waals surface area contributed by atoms with Crippen molar-refractivity contribution < 1.29 is 9.59 Å². The van der Waals surface area contributed by atoms with Crippen LogP contribution in [0.4, 0.5) is 5.69 Å². The highest BCUT2D eigenvalue weighted by Gasteiger charge is 2.18. The number of halogens is 1. The number of carbonyl (C=O) groups excluding carboxylic acids is 2. The molecule has 23 heavy (non-hydrogen) atoms. The van der Waals surface area contributed by atoms with Crippen LogP contribution in [0.5, 0.6) is 0 Å². The van der Waals surface area contributed by atoms with Crippen LogP contribution < -0.4 is 5.32 Å². The maximum Gasteiger partial charge on any atom is 0.253 e. The lowest BCUT2D eigenvalue weighted by Gasteiger charge is -2.21. The molecule has 0 atom stereocenters. The molecule has 1 N–H and O–H groups in total. The number of anilines is 1. The summed E-state index contributed by atoms with van der Waals surface area (Å²) in [5.74, 6) is -0.0444. The van der Waals surface area contributed by atoms with Crippen LogP contribution in [0.25, 0.3) is 0 Å². The van der Waals surface area contributed by atoms with Gasteiger partial charge in [0.25, 0.3) is 5.91 Å². The van der Waals surface area contributed by atoms with Crippen molar-refractivity contribution in [2.75, 3.05) is 12.4 Å². The van der Waals surface area contributed by atoms with Gasteiger partial charge in [0.05, 0.1) is 0 Å². The number of benzene rings is 2. The summed E-state index contributed by atoms with van der Waals surface area (Å²) >= 11 is 6.15. The first-order valence-corrected chi connectivity index (χ1v) is 7.84. The summed E-state index contributed by atoms with van der Waals surface area (Å²) in [5.41, 5.74) is 3.33. The Balaban J connectivity index is 1.77. The highest BCUT2D eigenvalue weighted by Crippen LogP contribution is 2.24. The number of hydrogen-bond acceptors (Lipinski definition) is 2. The van der Waals surface area contributed by atoms with Crippen molar-refractivity contribution in [2.45, 2.75) is 19.4 Å². The van der Waals surface area contributed by atoms with E-state index in [4.69, 9.17) is 11.6 Å². The minimum atomic E-state index is -0.0652. The smallest absolute Gasteiger partial charge is 0.253 e. The van der Waals surface area contributed by atoms with E-state index in [1.54, 1.807) is 24.1 Å². The predicted molar refractivity (Wildman–Crippen MR) is 90.6 cm³/mol. The fourth-order valence-electron chi connectivity index (χ4n) is 2.69. The first-order valence-electron chi connectivity index (χ1n) is 7.46. The van der Waals surface area contributed by atoms with Crippen LogP contribution in [0.1, 0.15) is 27.9 Å².